The van der Waals surface area contributed by atoms with Gasteiger partial charge in [-0.1, -0.05) is 0 Å². The zero-order valence-electron chi connectivity index (χ0n) is 7.10. The average molecular weight is 181 g/mol. The van der Waals surface area contributed by atoms with Crippen LogP contribution in [0.3, 0.4) is 0 Å². The van der Waals surface area contributed by atoms with Crippen LogP contribution in [0, 0.1) is 5.92 Å². The molecule has 1 aromatic heterocycles. The molecule has 0 aromatic carbocycles. The highest BCUT2D eigenvalue weighted by molar-refractivity contribution is 5.72. The van der Waals surface area contributed by atoms with Crippen molar-refractivity contribution >= 4 is 11.7 Å². The summed E-state index contributed by atoms with van der Waals surface area (Å²) in [5, 5.41) is 15.3. The number of rotatable bonds is 2. The molecule has 0 spiro atoms. The highest BCUT2D eigenvalue weighted by Gasteiger charge is 2.28. The number of carbonyl (C=O) groups is 1. The minimum Gasteiger partial charge on any atom is -0.481 e. The number of aliphatic carboxylic acids is 1. The van der Waals surface area contributed by atoms with Gasteiger partial charge in [0, 0.05) is 19.3 Å². The molecule has 0 aliphatic carbocycles. The number of anilines is 1. The van der Waals surface area contributed by atoms with Crippen LogP contribution in [0.4, 0.5) is 5.69 Å². The van der Waals surface area contributed by atoms with Gasteiger partial charge >= 0.3 is 5.97 Å². The summed E-state index contributed by atoms with van der Waals surface area (Å²) in [6, 6.07) is 0. The summed E-state index contributed by atoms with van der Waals surface area (Å²) in [6.45, 7) is 1.39. The van der Waals surface area contributed by atoms with E-state index in [0.717, 1.165) is 18.7 Å². The predicted molar refractivity (Wildman–Crippen MR) is 46.5 cm³/mol. The second kappa shape index (κ2) is 3.08. The van der Waals surface area contributed by atoms with E-state index in [-0.39, 0.29) is 5.92 Å². The van der Waals surface area contributed by atoms with Gasteiger partial charge in [0.15, 0.2) is 0 Å². The molecule has 1 fully saturated rings. The Balaban J connectivity index is 2.03. The standard InChI is InChI=1S/C8H11N3O2/c12-8(13)6-1-2-11(5-6)7-3-9-10-4-7/h3-4,6H,1-2,5H2,(H,9,10)(H,12,13). The van der Waals surface area contributed by atoms with Crippen LogP contribution in [0.15, 0.2) is 12.4 Å². The fraction of sp³-hybridized carbons (Fsp3) is 0.500. The molecular weight excluding hydrogens is 170 g/mol. The van der Waals surface area contributed by atoms with Crippen molar-refractivity contribution in [2.75, 3.05) is 18.0 Å². The Morgan fingerprint density at radius 3 is 3.15 bits per heavy atom. The van der Waals surface area contributed by atoms with Crippen LogP contribution in [0.1, 0.15) is 6.42 Å². The average Bonchev–Trinajstić information content (AvgIpc) is 2.75. The molecule has 1 aliphatic rings. The largest absolute Gasteiger partial charge is 0.481 e. The number of hydrogen-bond donors (Lipinski definition) is 2. The second-order valence-electron chi connectivity index (χ2n) is 3.23. The third-order valence-electron chi connectivity index (χ3n) is 2.39. The number of nitrogens with zero attached hydrogens (tertiary/aromatic N) is 2. The number of aromatic nitrogens is 2. The van der Waals surface area contributed by atoms with Gasteiger partial charge in [-0.3, -0.25) is 9.89 Å². The first-order valence-electron chi connectivity index (χ1n) is 4.24. The lowest BCUT2D eigenvalue weighted by molar-refractivity contribution is -0.140. The molecule has 13 heavy (non-hydrogen) atoms. The Bertz CT molecular complexity index is 296. The second-order valence-corrected chi connectivity index (χ2v) is 3.23. The van der Waals surface area contributed by atoms with Crippen LogP contribution in [0.25, 0.3) is 0 Å². The number of nitrogens with one attached hydrogen (secondary N) is 1. The predicted octanol–water partition coefficient (Wildman–Crippen LogP) is 0.321. The van der Waals surface area contributed by atoms with Gasteiger partial charge < -0.3 is 10.0 Å². The van der Waals surface area contributed by atoms with Crippen LogP contribution in [-0.2, 0) is 4.79 Å². The summed E-state index contributed by atoms with van der Waals surface area (Å²) in [5.41, 5.74) is 0.976. The molecule has 0 bridgehead atoms. The lowest BCUT2D eigenvalue weighted by Gasteiger charge is -2.14. The van der Waals surface area contributed by atoms with Crippen molar-refractivity contribution in [3.8, 4) is 0 Å². The van der Waals surface area contributed by atoms with Crippen molar-refractivity contribution in [3.05, 3.63) is 12.4 Å². The topological polar surface area (TPSA) is 69.2 Å². The maximum atomic E-state index is 10.7. The first kappa shape index (κ1) is 8.10. The number of H-pyrrole nitrogens is 1. The highest BCUT2D eigenvalue weighted by atomic mass is 16.4. The van der Waals surface area contributed by atoms with E-state index in [0.29, 0.717) is 6.54 Å². The smallest absolute Gasteiger partial charge is 0.308 e. The Hall–Kier alpha value is -1.52. The Morgan fingerprint density at radius 1 is 1.77 bits per heavy atom. The molecule has 1 aliphatic heterocycles. The fourth-order valence-electron chi connectivity index (χ4n) is 1.61. The Kier molecular flexibility index (Phi) is 1.92. The third kappa shape index (κ3) is 1.49. The van der Waals surface area contributed by atoms with Gasteiger partial charge in [-0.2, -0.15) is 5.10 Å². The lowest BCUT2D eigenvalue weighted by Crippen LogP contribution is -2.22. The number of aromatic amines is 1. The minimum atomic E-state index is -0.703. The quantitative estimate of drug-likeness (QED) is 0.689. The summed E-state index contributed by atoms with van der Waals surface area (Å²) >= 11 is 0. The van der Waals surface area contributed by atoms with Crippen molar-refractivity contribution in [1.82, 2.24) is 10.2 Å². The minimum absolute atomic E-state index is 0.227. The van der Waals surface area contributed by atoms with E-state index in [1.54, 1.807) is 12.4 Å². The maximum absolute atomic E-state index is 10.7. The SMILES string of the molecule is O=C(O)C1CCN(c2cn[nH]c2)C1. The van der Waals surface area contributed by atoms with Gasteiger partial charge in [-0.05, 0) is 6.42 Å². The van der Waals surface area contributed by atoms with E-state index >= 15 is 0 Å². The molecule has 0 amide bonds. The molecule has 70 valence electrons. The van der Waals surface area contributed by atoms with E-state index < -0.39 is 5.97 Å². The van der Waals surface area contributed by atoms with Gasteiger partial charge in [0.05, 0.1) is 17.8 Å². The van der Waals surface area contributed by atoms with Gasteiger partial charge in [-0.25, -0.2) is 0 Å². The molecular formula is C8H11N3O2. The monoisotopic (exact) mass is 181 g/mol. The van der Waals surface area contributed by atoms with E-state index in [1.807, 2.05) is 4.90 Å². The van der Waals surface area contributed by atoms with Crippen LogP contribution in [0.5, 0.6) is 0 Å². The van der Waals surface area contributed by atoms with Crippen molar-refractivity contribution in [3.63, 3.8) is 0 Å². The molecule has 5 heteroatoms. The van der Waals surface area contributed by atoms with E-state index in [4.69, 9.17) is 5.11 Å². The Labute approximate surface area is 75.4 Å². The summed E-state index contributed by atoms with van der Waals surface area (Å²) in [7, 11) is 0. The molecule has 5 nitrogen and oxygen atoms in total. The van der Waals surface area contributed by atoms with Gasteiger partial charge in [0.2, 0.25) is 0 Å². The lowest BCUT2D eigenvalue weighted by atomic mass is 10.1. The fourth-order valence-corrected chi connectivity index (χ4v) is 1.61. The van der Waals surface area contributed by atoms with Crippen molar-refractivity contribution in [1.29, 1.82) is 0 Å². The van der Waals surface area contributed by atoms with E-state index in [9.17, 15) is 4.79 Å². The van der Waals surface area contributed by atoms with Gasteiger partial charge in [0.25, 0.3) is 0 Å². The molecule has 0 radical (unpaired) electrons. The highest BCUT2D eigenvalue weighted by Crippen LogP contribution is 2.22. The molecule has 0 saturated carbocycles. The van der Waals surface area contributed by atoms with Crippen molar-refractivity contribution < 1.29 is 9.90 Å². The summed E-state index contributed by atoms with van der Waals surface area (Å²) in [6.07, 6.45) is 4.22. The summed E-state index contributed by atoms with van der Waals surface area (Å²) < 4.78 is 0. The molecule has 1 unspecified atom stereocenters. The first-order valence-corrected chi connectivity index (χ1v) is 4.24. The zero-order chi connectivity index (χ0) is 9.26. The normalized spacial score (nSPS) is 22.2. The molecule has 1 aromatic rings. The number of hydrogen-bond acceptors (Lipinski definition) is 3. The molecule has 2 rings (SSSR count). The summed E-state index contributed by atoms with van der Waals surface area (Å²) in [4.78, 5) is 12.7. The van der Waals surface area contributed by atoms with Gasteiger partial charge in [0.1, 0.15) is 0 Å². The zero-order valence-corrected chi connectivity index (χ0v) is 7.10. The van der Waals surface area contributed by atoms with Crippen LogP contribution in [-0.4, -0.2) is 34.4 Å². The molecule has 2 N–H and O–H groups in total. The van der Waals surface area contributed by atoms with Crippen LogP contribution < -0.4 is 4.90 Å². The van der Waals surface area contributed by atoms with Crippen LogP contribution in [0.2, 0.25) is 0 Å². The van der Waals surface area contributed by atoms with Crippen LogP contribution >= 0.6 is 0 Å². The van der Waals surface area contributed by atoms with Crippen molar-refractivity contribution in [2.24, 2.45) is 5.92 Å². The Morgan fingerprint density at radius 2 is 2.62 bits per heavy atom. The molecule has 1 saturated heterocycles. The molecule has 2 heterocycles. The number of carboxylic acid groups (broad SMARTS) is 1. The molecule has 1 atom stereocenters. The maximum Gasteiger partial charge on any atom is 0.308 e. The third-order valence-corrected chi connectivity index (χ3v) is 2.39. The summed E-state index contributed by atoms with van der Waals surface area (Å²) in [5.74, 6) is -0.930. The van der Waals surface area contributed by atoms with E-state index in [2.05, 4.69) is 10.2 Å². The first-order chi connectivity index (χ1) is 6.27. The number of carboxylic acids is 1. The van der Waals surface area contributed by atoms with E-state index in [1.165, 1.54) is 0 Å². The van der Waals surface area contributed by atoms with Gasteiger partial charge in [-0.15, -0.1) is 0 Å². The van der Waals surface area contributed by atoms with Crippen molar-refractivity contribution in [2.45, 2.75) is 6.42 Å².